The highest BCUT2D eigenvalue weighted by molar-refractivity contribution is 7.13. The molecule has 0 bridgehead atoms. The van der Waals surface area contributed by atoms with Crippen LogP contribution in [0.1, 0.15) is 50.9 Å². The molecule has 2 heterocycles. The van der Waals surface area contributed by atoms with Crippen LogP contribution < -0.4 is 0 Å². The van der Waals surface area contributed by atoms with Gasteiger partial charge in [0.05, 0.1) is 22.3 Å². The molecule has 0 atom stereocenters. The van der Waals surface area contributed by atoms with Crippen LogP contribution in [0.2, 0.25) is 0 Å². The van der Waals surface area contributed by atoms with Crippen LogP contribution in [0.25, 0.3) is 10.1 Å². The molecule has 0 N–H and O–H groups in total. The Labute approximate surface area is 93.7 Å². The fraction of sp³-hybridized carbons (Fsp3) is 0.545. The van der Waals surface area contributed by atoms with Gasteiger partial charge < -0.3 is 0 Å². The van der Waals surface area contributed by atoms with Crippen molar-refractivity contribution >= 4 is 21.6 Å². The third-order valence-corrected chi connectivity index (χ3v) is 3.26. The minimum Gasteiger partial charge on any atom is -0.200 e. The van der Waals surface area contributed by atoms with Gasteiger partial charge in [0.25, 0.3) is 0 Å². The average Bonchev–Trinajstić information content (AvgIpc) is 2.63. The summed E-state index contributed by atoms with van der Waals surface area (Å²) in [7, 11) is 0. The van der Waals surface area contributed by atoms with Crippen LogP contribution in [0.3, 0.4) is 0 Å². The van der Waals surface area contributed by atoms with Crippen molar-refractivity contribution in [1.82, 2.24) is 14.6 Å². The number of rotatable bonds is 2. The van der Waals surface area contributed by atoms with Gasteiger partial charge in [0.15, 0.2) is 0 Å². The molecule has 0 aromatic carbocycles. The molecule has 80 valence electrons. The van der Waals surface area contributed by atoms with Gasteiger partial charge >= 0.3 is 0 Å². The number of nitrogens with zero attached hydrogens (tertiary/aromatic N) is 3. The maximum Gasteiger partial charge on any atom is 0.0850 e. The van der Waals surface area contributed by atoms with Crippen molar-refractivity contribution in [2.24, 2.45) is 0 Å². The molecule has 15 heavy (non-hydrogen) atoms. The zero-order valence-corrected chi connectivity index (χ0v) is 10.3. The highest BCUT2D eigenvalue weighted by Gasteiger charge is 2.15. The van der Waals surface area contributed by atoms with Crippen LogP contribution >= 0.6 is 11.5 Å². The van der Waals surface area contributed by atoms with E-state index < -0.39 is 0 Å². The van der Waals surface area contributed by atoms with Gasteiger partial charge in [0.1, 0.15) is 0 Å². The number of fused-ring (bicyclic) bond motifs is 1. The lowest BCUT2D eigenvalue weighted by Gasteiger charge is -2.09. The van der Waals surface area contributed by atoms with Gasteiger partial charge in [-0.25, -0.2) is 0 Å². The zero-order chi connectivity index (χ0) is 11.0. The Balaban J connectivity index is 2.71. The molecule has 2 aromatic rings. The summed E-state index contributed by atoms with van der Waals surface area (Å²) in [4.78, 5) is 0. The lowest BCUT2D eigenvalue weighted by molar-refractivity contribution is 0.752. The van der Waals surface area contributed by atoms with Crippen LogP contribution in [-0.4, -0.2) is 14.6 Å². The van der Waals surface area contributed by atoms with Crippen LogP contribution in [0.15, 0.2) is 6.20 Å². The second kappa shape index (κ2) is 3.85. The molecular weight excluding hydrogens is 206 g/mol. The van der Waals surface area contributed by atoms with Crippen molar-refractivity contribution in [1.29, 1.82) is 0 Å². The molecule has 0 saturated heterocycles. The molecule has 0 fully saturated rings. The Morgan fingerprint density at radius 1 is 1.00 bits per heavy atom. The van der Waals surface area contributed by atoms with Gasteiger partial charge in [-0.15, -0.1) is 0 Å². The van der Waals surface area contributed by atoms with E-state index in [2.05, 4.69) is 42.3 Å². The molecule has 0 unspecified atom stereocenters. The summed E-state index contributed by atoms with van der Waals surface area (Å²) in [6.45, 7) is 8.54. The van der Waals surface area contributed by atoms with E-state index in [1.165, 1.54) is 21.6 Å². The Morgan fingerprint density at radius 2 is 1.60 bits per heavy atom. The number of hydrogen-bond donors (Lipinski definition) is 0. The molecule has 0 aliphatic carbocycles. The summed E-state index contributed by atoms with van der Waals surface area (Å²) in [5, 5.41) is 9.81. The largest absolute Gasteiger partial charge is 0.200 e. The van der Waals surface area contributed by atoms with Gasteiger partial charge in [-0.2, -0.15) is 14.6 Å². The number of aromatic nitrogens is 3. The van der Waals surface area contributed by atoms with Crippen molar-refractivity contribution in [3.63, 3.8) is 0 Å². The van der Waals surface area contributed by atoms with E-state index in [1.807, 2.05) is 6.20 Å². The van der Waals surface area contributed by atoms with Crippen LogP contribution in [-0.2, 0) is 0 Å². The number of hydrogen-bond acceptors (Lipinski definition) is 4. The molecule has 4 heteroatoms. The lowest BCUT2D eigenvalue weighted by atomic mass is 10.0. The summed E-state index contributed by atoms with van der Waals surface area (Å²) < 4.78 is 5.45. The molecule has 2 rings (SSSR count). The van der Waals surface area contributed by atoms with E-state index in [9.17, 15) is 0 Å². The van der Waals surface area contributed by atoms with Crippen molar-refractivity contribution in [2.45, 2.75) is 39.5 Å². The van der Waals surface area contributed by atoms with E-state index in [4.69, 9.17) is 0 Å². The van der Waals surface area contributed by atoms with E-state index in [1.54, 1.807) is 0 Å². The topological polar surface area (TPSA) is 38.7 Å². The van der Waals surface area contributed by atoms with E-state index >= 15 is 0 Å². The average molecular weight is 221 g/mol. The van der Waals surface area contributed by atoms with Gasteiger partial charge in [-0.05, 0) is 23.4 Å². The third kappa shape index (κ3) is 1.74. The summed E-state index contributed by atoms with van der Waals surface area (Å²) in [6.07, 6.45) is 1.91. The van der Waals surface area contributed by atoms with Crippen LogP contribution in [0.4, 0.5) is 0 Å². The van der Waals surface area contributed by atoms with Gasteiger partial charge in [-0.3, -0.25) is 0 Å². The quantitative estimate of drug-likeness (QED) is 0.780. The van der Waals surface area contributed by atoms with Crippen LogP contribution in [0, 0.1) is 0 Å². The minimum atomic E-state index is 0.401. The van der Waals surface area contributed by atoms with E-state index in [0.717, 1.165) is 11.4 Å². The molecule has 0 saturated carbocycles. The van der Waals surface area contributed by atoms with Crippen molar-refractivity contribution in [2.75, 3.05) is 0 Å². The van der Waals surface area contributed by atoms with Crippen molar-refractivity contribution < 1.29 is 0 Å². The highest BCUT2D eigenvalue weighted by atomic mass is 32.1. The summed E-state index contributed by atoms with van der Waals surface area (Å²) in [5.41, 5.74) is 2.13. The summed E-state index contributed by atoms with van der Waals surface area (Å²) >= 11 is 1.52. The molecule has 0 aliphatic heterocycles. The molecule has 2 aromatic heterocycles. The molecule has 0 radical (unpaired) electrons. The molecule has 3 nitrogen and oxygen atoms in total. The standard InChI is InChI=1S/C11H15N3S/c1-6(2)9-8-5-12-15-11(8)10(7(3)4)14-13-9/h5-7H,1-4H3. The Bertz CT molecular complexity index is 432. The third-order valence-electron chi connectivity index (χ3n) is 2.44. The van der Waals surface area contributed by atoms with Gasteiger partial charge in [-0.1, -0.05) is 27.7 Å². The first-order valence-electron chi connectivity index (χ1n) is 5.22. The summed E-state index contributed by atoms with van der Waals surface area (Å²) in [6, 6.07) is 0. The second-order valence-corrected chi connectivity index (χ2v) is 5.15. The first-order valence-corrected chi connectivity index (χ1v) is 5.99. The molecular formula is C11H15N3S. The fourth-order valence-corrected chi connectivity index (χ4v) is 2.51. The maximum absolute atomic E-state index is 4.32. The monoisotopic (exact) mass is 221 g/mol. The zero-order valence-electron chi connectivity index (χ0n) is 9.48. The maximum atomic E-state index is 4.32. The highest BCUT2D eigenvalue weighted by Crippen LogP contribution is 2.30. The SMILES string of the molecule is CC(C)c1nnc(C(C)C)c2sncc12. The Kier molecular flexibility index (Phi) is 2.69. The normalized spacial score (nSPS) is 11.9. The van der Waals surface area contributed by atoms with Gasteiger partial charge in [0, 0.05) is 5.39 Å². The Morgan fingerprint density at radius 3 is 2.20 bits per heavy atom. The van der Waals surface area contributed by atoms with Crippen molar-refractivity contribution in [3.05, 3.63) is 17.6 Å². The molecule has 0 amide bonds. The first kappa shape index (κ1) is 10.5. The molecule has 0 spiro atoms. The Hall–Kier alpha value is -1.03. The lowest BCUT2D eigenvalue weighted by Crippen LogP contribution is -2.01. The van der Waals surface area contributed by atoms with Crippen LogP contribution in [0.5, 0.6) is 0 Å². The van der Waals surface area contributed by atoms with Crippen molar-refractivity contribution in [3.8, 4) is 0 Å². The minimum absolute atomic E-state index is 0.401. The van der Waals surface area contributed by atoms with Gasteiger partial charge in [0.2, 0.25) is 0 Å². The summed E-state index contributed by atoms with van der Waals surface area (Å²) in [5.74, 6) is 0.805. The predicted octanol–water partition coefficient (Wildman–Crippen LogP) is 3.33. The predicted molar refractivity (Wildman–Crippen MR) is 63.4 cm³/mol. The molecule has 0 aliphatic rings. The second-order valence-electron chi connectivity index (χ2n) is 4.35. The smallest absolute Gasteiger partial charge is 0.0850 e. The first-order chi connectivity index (χ1) is 7.11. The van der Waals surface area contributed by atoms with E-state index in [-0.39, 0.29) is 0 Å². The fourth-order valence-electron chi connectivity index (χ4n) is 1.62. The van der Waals surface area contributed by atoms with E-state index in [0.29, 0.717) is 11.8 Å².